The first-order valence-electron chi connectivity index (χ1n) is 6.04. The number of hydrogen-bond acceptors (Lipinski definition) is 4. The molecule has 1 aromatic rings. The summed E-state index contributed by atoms with van der Waals surface area (Å²) in [6, 6.07) is 1.12. The van der Waals surface area contributed by atoms with Gasteiger partial charge < -0.3 is 4.74 Å². The van der Waals surface area contributed by atoms with Crippen molar-refractivity contribution in [2.45, 2.75) is 32.1 Å². The molecule has 0 aliphatic carbocycles. The fraction of sp³-hybridized carbons (Fsp3) is 0.583. The second kappa shape index (κ2) is 4.73. The van der Waals surface area contributed by atoms with Crippen molar-refractivity contribution < 1.29 is 13.9 Å². The molecule has 0 bridgehead atoms. The number of aromatic nitrogens is 2. The number of ketones is 1. The Morgan fingerprint density at radius 2 is 2.16 bits per heavy atom. The molecular formula is C12H15FN2O4. The van der Waals surface area contributed by atoms with Gasteiger partial charge in [-0.25, -0.2) is 9.18 Å². The molecule has 1 fully saturated rings. The van der Waals surface area contributed by atoms with Crippen LogP contribution >= 0.6 is 0 Å². The summed E-state index contributed by atoms with van der Waals surface area (Å²) in [5, 5.41) is 0. The quantitative estimate of drug-likeness (QED) is 0.861. The number of halogens is 1. The average Bonchev–Trinajstić information content (AvgIpc) is 2.64. The van der Waals surface area contributed by atoms with Crippen LogP contribution in [-0.2, 0) is 9.53 Å². The van der Waals surface area contributed by atoms with E-state index >= 15 is 0 Å². The number of carbonyl (C=O) groups excluding carboxylic acids is 1. The predicted molar refractivity (Wildman–Crippen MR) is 64.6 cm³/mol. The van der Waals surface area contributed by atoms with Crippen LogP contribution in [0.25, 0.3) is 0 Å². The summed E-state index contributed by atoms with van der Waals surface area (Å²) in [7, 11) is 0. The standard InChI is InChI=1S/C12H15FN2O4/c1-3-12(6-13)7(2)9(17)10(19-12)15-5-4-8(16)14-11(15)18/h4-5,7,10H,3,6H2,1-2H3,(H,14,16,18)/t7-,10+,12-/m0/s1. The number of nitrogens with one attached hydrogen (secondary N) is 1. The number of nitrogens with zero attached hydrogens (tertiary/aromatic N) is 1. The van der Waals surface area contributed by atoms with Crippen molar-refractivity contribution in [1.82, 2.24) is 9.55 Å². The molecule has 1 aliphatic heterocycles. The maximum atomic E-state index is 13.2. The Morgan fingerprint density at radius 3 is 2.63 bits per heavy atom. The number of ether oxygens (including phenoxy) is 1. The van der Waals surface area contributed by atoms with E-state index in [2.05, 4.69) is 0 Å². The van der Waals surface area contributed by atoms with Gasteiger partial charge in [0.15, 0.2) is 12.0 Å². The lowest BCUT2D eigenvalue weighted by Gasteiger charge is -2.27. The first kappa shape index (κ1) is 13.7. The zero-order valence-electron chi connectivity index (χ0n) is 10.7. The largest absolute Gasteiger partial charge is 0.340 e. The molecular weight excluding hydrogens is 255 g/mol. The van der Waals surface area contributed by atoms with Gasteiger partial charge in [-0.15, -0.1) is 0 Å². The molecule has 2 heterocycles. The van der Waals surface area contributed by atoms with Crippen molar-refractivity contribution in [3.05, 3.63) is 33.1 Å². The number of rotatable bonds is 3. The molecule has 0 saturated carbocycles. The van der Waals surface area contributed by atoms with E-state index in [4.69, 9.17) is 4.74 Å². The van der Waals surface area contributed by atoms with Gasteiger partial charge in [-0.1, -0.05) is 13.8 Å². The highest BCUT2D eigenvalue weighted by atomic mass is 19.1. The molecule has 1 N–H and O–H groups in total. The van der Waals surface area contributed by atoms with Crippen LogP contribution in [0.4, 0.5) is 4.39 Å². The molecule has 0 amide bonds. The number of H-pyrrole nitrogens is 1. The van der Waals surface area contributed by atoms with Crippen molar-refractivity contribution in [3.63, 3.8) is 0 Å². The summed E-state index contributed by atoms with van der Waals surface area (Å²) in [4.78, 5) is 36.8. The van der Waals surface area contributed by atoms with Crippen molar-refractivity contribution in [2.24, 2.45) is 5.92 Å². The third-order valence-electron chi connectivity index (χ3n) is 3.73. The minimum absolute atomic E-state index is 0.324. The highest BCUT2D eigenvalue weighted by Crippen LogP contribution is 2.40. The third-order valence-corrected chi connectivity index (χ3v) is 3.73. The van der Waals surface area contributed by atoms with Crippen molar-refractivity contribution in [1.29, 1.82) is 0 Å². The molecule has 104 valence electrons. The number of aromatic amines is 1. The lowest BCUT2D eigenvalue weighted by atomic mass is 9.87. The van der Waals surface area contributed by atoms with E-state index in [0.29, 0.717) is 6.42 Å². The molecule has 19 heavy (non-hydrogen) atoms. The van der Waals surface area contributed by atoms with Crippen LogP contribution in [0.3, 0.4) is 0 Å². The number of hydrogen-bond donors (Lipinski definition) is 1. The molecule has 0 unspecified atom stereocenters. The van der Waals surface area contributed by atoms with Crippen LogP contribution in [0.2, 0.25) is 0 Å². The molecule has 0 spiro atoms. The Kier molecular flexibility index (Phi) is 3.40. The summed E-state index contributed by atoms with van der Waals surface area (Å²) in [5.74, 6) is -1.01. The predicted octanol–water partition coefficient (Wildman–Crippen LogP) is 0.389. The van der Waals surface area contributed by atoms with Gasteiger partial charge in [0.2, 0.25) is 0 Å². The Bertz CT molecular complexity index is 602. The monoisotopic (exact) mass is 270 g/mol. The Hall–Kier alpha value is -1.76. The number of alkyl halides is 1. The van der Waals surface area contributed by atoms with E-state index in [1.165, 1.54) is 6.20 Å². The van der Waals surface area contributed by atoms with Gasteiger partial charge in [0.05, 0.1) is 5.92 Å². The van der Waals surface area contributed by atoms with E-state index in [9.17, 15) is 18.8 Å². The fourth-order valence-electron chi connectivity index (χ4n) is 2.29. The van der Waals surface area contributed by atoms with E-state index in [1.54, 1.807) is 13.8 Å². The molecule has 1 aromatic heterocycles. The van der Waals surface area contributed by atoms with Gasteiger partial charge in [-0.2, -0.15) is 0 Å². The normalized spacial score (nSPS) is 30.8. The second-order valence-electron chi connectivity index (χ2n) is 4.66. The third kappa shape index (κ3) is 2.03. The lowest BCUT2D eigenvalue weighted by molar-refractivity contribution is -0.131. The lowest BCUT2D eigenvalue weighted by Crippen LogP contribution is -2.37. The van der Waals surface area contributed by atoms with Crippen LogP contribution in [0, 0.1) is 5.92 Å². The molecule has 2 rings (SSSR count). The summed E-state index contributed by atoms with van der Waals surface area (Å²) in [5.41, 5.74) is -2.51. The molecule has 1 aliphatic rings. The van der Waals surface area contributed by atoms with Gasteiger partial charge in [-0.3, -0.25) is 19.1 Å². The first-order chi connectivity index (χ1) is 8.95. The van der Waals surface area contributed by atoms with Gasteiger partial charge in [0, 0.05) is 12.3 Å². The maximum absolute atomic E-state index is 13.2. The highest BCUT2D eigenvalue weighted by Gasteiger charge is 2.52. The van der Waals surface area contributed by atoms with E-state index in [-0.39, 0.29) is 5.78 Å². The van der Waals surface area contributed by atoms with Crippen LogP contribution in [0.1, 0.15) is 26.5 Å². The molecule has 6 nitrogen and oxygen atoms in total. The maximum Gasteiger partial charge on any atom is 0.330 e. The van der Waals surface area contributed by atoms with E-state index in [1.807, 2.05) is 4.98 Å². The molecule has 0 aromatic carbocycles. The minimum atomic E-state index is -1.20. The number of carbonyl (C=O) groups is 1. The smallest absolute Gasteiger partial charge is 0.330 e. The van der Waals surface area contributed by atoms with E-state index < -0.39 is 35.7 Å². The summed E-state index contributed by atoms with van der Waals surface area (Å²) >= 11 is 0. The molecule has 1 saturated heterocycles. The Morgan fingerprint density at radius 1 is 1.47 bits per heavy atom. The SMILES string of the molecule is CC[C@@]1(CF)O[C@@H](n2ccc(=O)[nH]c2=O)C(=O)[C@@H]1C. The van der Waals surface area contributed by atoms with Gasteiger partial charge in [0.25, 0.3) is 5.56 Å². The summed E-state index contributed by atoms with van der Waals surface area (Å²) < 4.78 is 19.7. The molecule has 7 heteroatoms. The van der Waals surface area contributed by atoms with Crippen molar-refractivity contribution in [2.75, 3.05) is 6.67 Å². The first-order valence-corrected chi connectivity index (χ1v) is 6.04. The summed E-state index contributed by atoms with van der Waals surface area (Å²) in [6.45, 7) is 2.51. The molecule has 0 radical (unpaired) electrons. The van der Waals surface area contributed by atoms with Crippen LogP contribution in [0.5, 0.6) is 0 Å². The van der Waals surface area contributed by atoms with Gasteiger partial charge in [0.1, 0.15) is 12.3 Å². The van der Waals surface area contributed by atoms with Crippen molar-refractivity contribution in [3.8, 4) is 0 Å². The Balaban J connectivity index is 2.45. The van der Waals surface area contributed by atoms with Gasteiger partial charge >= 0.3 is 5.69 Å². The topological polar surface area (TPSA) is 81.2 Å². The van der Waals surface area contributed by atoms with Crippen LogP contribution < -0.4 is 11.2 Å². The zero-order chi connectivity index (χ0) is 14.2. The summed E-state index contributed by atoms with van der Waals surface area (Å²) in [6.07, 6.45) is 0.320. The van der Waals surface area contributed by atoms with Crippen molar-refractivity contribution >= 4 is 5.78 Å². The fourth-order valence-corrected chi connectivity index (χ4v) is 2.29. The van der Waals surface area contributed by atoms with Crippen LogP contribution in [-0.4, -0.2) is 27.6 Å². The highest BCUT2D eigenvalue weighted by molar-refractivity contribution is 5.86. The van der Waals surface area contributed by atoms with Gasteiger partial charge in [-0.05, 0) is 6.42 Å². The number of Topliss-reactive ketones (excluding diaryl/α,β-unsaturated/α-hetero) is 1. The molecule has 3 atom stereocenters. The zero-order valence-corrected chi connectivity index (χ0v) is 10.7. The van der Waals surface area contributed by atoms with E-state index in [0.717, 1.165) is 10.6 Å². The minimum Gasteiger partial charge on any atom is -0.340 e. The van der Waals surface area contributed by atoms with Crippen LogP contribution in [0.15, 0.2) is 21.9 Å². The average molecular weight is 270 g/mol. The second-order valence-corrected chi connectivity index (χ2v) is 4.66. The Labute approximate surface area is 108 Å².